The molecule has 0 aromatic heterocycles. The van der Waals surface area contributed by atoms with Gasteiger partial charge in [0.2, 0.25) is 0 Å². The Morgan fingerprint density at radius 2 is 1.30 bits per heavy atom. The molecule has 0 saturated carbocycles. The van der Waals surface area contributed by atoms with Crippen molar-refractivity contribution in [2.75, 3.05) is 4.90 Å². The van der Waals surface area contributed by atoms with E-state index in [0.717, 1.165) is 32.1 Å². The Kier molecular flexibility index (Phi) is 7.77. The molecule has 0 amide bonds. The Hall–Kier alpha value is -5.66. The fourth-order valence-corrected chi connectivity index (χ4v) is 10.2. The Bertz CT molecular complexity index is 2510. The van der Waals surface area contributed by atoms with E-state index in [9.17, 15) is 0 Å². The van der Waals surface area contributed by atoms with Gasteiger partial charge in [-0.05, 0) is 130 Å². The van der Waals surface area contributed by atoms with Crippen molar-refractivity contribution in [2.45, 2.75) is 69.6 Å². The van der Waals surface area contributed by atoms with Gasteiger partial charge in [0.1, 0.15) is 0 Å². The molecule has 5 aromatic rings. The summed E-state index contributed by atoms with van der Waals surface area (Å²) >= 11 is 0. The van der Waals surface area contributed by atoms with Crippen LogP contribution in [0.5, 0.6) is 0 Å². The zero-order valence-corrected chi connectivity index (χ0v) is 31.6. The number of allylic oxidation sites excluding steroid dienone is 10. The van der Waals surface area contributed by atoms with E-state index in [1.54, 1.807) is 0 Å². The molecular formula is C53H47N. The second-order valence-electron chi connectivity index (χ2n) is 16.3. The molecule has 0 radical (unpaired) electrons. The van der Waals surface area contributed by atoms with Gasteiger partial charge in [0, 0.05) is 28.4 Å². The molecule has 2 unspecified atom stereocenters. The van der Waals surface area contributed by atoms with E-state index in [0.29, 0.717) is 5.92 Å². The van der Waals surface area contributed by atoms with Gasteiger partial charge in [-0.15, -0.1) is 0 Å². The van der Waals surface area contributed by atoms with Crippen molar-refractivity contribution in [2.24, 2.45) is 0 Å². The van der Waals surface area contributed by atoms with Crippen molar-refractivity contribution < 1.29 is 0 Å². The molecule has 0 spiro atoms. The van der Waals surface area contributed by atoms with Crippen LogP contribution in [0.3, 0.4) is 0 Å². The second kappa shape index (κ2) is 12.7. The predicted molar refractivity (Wildman–Crippen MR) is 227 cm³/mol. The minimum Gasteiger partial charge on any atom is -0.311 e. The lowest BCUT2D eigenvalue weighted by Crippen LogP contribution is -2.30. The first-order valence-electron chi connectivity index (χ1n) is 19.9. The minimum atomic E-state index is -0.393. The molecule has 54 heavy (non-hydrogen) atoms. The van der Waals surface area contributed by atoms with Crippen LogP contribution in [-0.2, 0) is 10.8 Å². The van der Waals surface area contributed by atoms with Crippen molar-refractivity contribution in [1.29, 1.82) is 0 Å². The van der Waals surface area contributed by atoms with Crippen molar-refractivity contribution in [1.82, 2.24) is 0 Å². The second-order valence-corrected chi connectivity index (χ2v) is 16.3. The number of hydrogen-bond acceptors (Lipinski definition) is 1. The first kappa shape index (κ1) is 32.9. The van der Waals surface area contributed by atoms with Gasteiger partial charge in [-0.1, -0.05) is 153 Å². The zero-order chi connectivity index (χ0) is 36.4. The van der Waals surface area contributed by atoms with Gasteiger partial charge in [-0.3, -0.25) is 0 Å². The van der Waals surface area contributed by atoms with E-state index < -0.39 is 5.41 Å². The molecular weight excluding hydrogens is 651 g/mol. The number of fused-ring (bicyclic) bond motifs is 6. The molecule has 2 atom stereocenters. The number of benzene rings is 5. The van der Waals surface area contributed by atoms with Crippen LogP contribution < -0.4 is 4.90 Å². The molecule has 10 rings (SSSR count). The van der Waals surface area contributed by atoms with Crippen LogP contribution in [-0.4, -0.2) is 0 Å². The fourth-order valence-electron chi connectivity index (χ4n) is 10.2. The van der Waals surface area contributed by atoms with Crippen molar-refractivity contribution in [3.05, 3.63) is 225 Å². The summed E-state index contributed by atoms with van der Waals surface area (Å²) in [6.45, 7) is 7.03. The minimum absolute atomic E-state index is 0.00194. The highest BCUT2D eigenvalue weighted by atomic mass is 15.2. The van der Waals surface area contributed by atoms with Crippen LogP contribution in [0.25, 0.3) is 16.7 Å². The van der Waals surface area contributed by atoms with Crippen LogP contribution in [0, 0.1) is 6.92 Å². The SMILES string of the molecule is Cc1cc(N(C2=CCCC=C2)C2=CCC(c3ccc4c(c3)C(C)(C)c3ccccc3-4)C=C2)cc(C2(c3ccccc3)C3=CCCC=C3c3ccccc32)c1. The molecule has 5 aromatic carbocycles. The summed E-state index contributed by atoms with van der Waals surface area (Å²) in [5.41, 5.74) is 19.9. The molecule has 0 bridgehead atoms. The predicted octanol–water partition coefficient (Wildman–Crippen LogP) is 13.4. The van der Waals surface area contributed by atoms with Crippen molar-refractivity contribution in [3.8, 4) is 11.1 Å². The van der Waals surface area contributed by atoms with Gasteiger partial charge >= 0.3 is 0 Å². The van der Waals surface area contributed by atoms with E-state index in [4.69, 9.17) is 0 Å². The lowest BCUT2D eigenvalue weighted by atomic mass is 9.66. The zero-order valence-electron chi connectivity index (χ0n) is 31.6. The summed E-state index contributed by atoms with van der Waals surface area (Å²) in [4.78, 5) is 2.52. The summed E-state index contributed by atoms with van der Waals surface area (Å²) < 4.78 is 0. The summed E-state index contributed by atoms with van der Waals surface area (Å²) in [5, 5.41) is 0. The molecule has 0 fully saturated rings. The maximum Gasteiger partial charge on any atom is 0.0711 e. The number of nitrogens with zero attached hydrogens (tertiary/aromatic N) is 1. The van der Waals surface area contributed by atoms with Gasteiger partial charge in [0.05, 0.1) is 5.41 Å². The third-order valence-corrected chi connectivity index (χ3v) is 12.7. The smallest absolute Gasteiger partial charge is 0.0711 e. The third kappa shape index (κ3) is 4.98. The Morgan fingerprint density at radius 1 is 0.574 bits per heavy atom. The Morgan fingerprint density at radius 3 is 2.09 bits per heavy atom. The first-order chi connectivity index (χ1) is 26.4. The topological polar surface area (TPSA) is 3.24 Å². The van der Waals surface area contributed by atoms with Gasteiger partial charge < -0.3 is 4.90 Å². The number of aryl methyl sites for hydroxylation is 1. The first-order valence-corrected chi connectivity index (χ1v) is 19.9. The highest BCUT2D eigenvalue weighted by Crippen LogP contribution is 2.59. The fraction of sp³-hybridized carbons (Fsp3) is 0.208. The van der Waals surface area contributed by atoms with E-state index in [1.807, 2.05) is 0 Å². The standard InChI is InChI=1S/C53H47N/c1-36-32-40(53(39-16-6-4-7-17-39)49-24-14-11-21-45(49)46-22-12-15-25-50(46)53)35-43(33-36)54(41-18-8-5-9-19-41)42-29-26-37(27-30-42)38-28-31-47-44-20-10-13-23-48(44)52(2,3)51(47)34-38/h4,6-8,10-11,13-14,16-26,28-35,37H,5,9,12,15,27H2,1-3H3. The van der Waals surface area contributed by atoms with Gasteiger partial charge in [0.25, 0.3) is 0 Å². The Balaban J connectivity index is 1.07. The molecule has 0 N–H and O–H groups in total. The average molecular weight is 698 g/mol. The average Bonchev–Trinajstić information content (AvgIpc) is 3.65. The quantitative estimate of drug-likeness (QED) is 0.171. The van der Waals surface area contributed by atoms with Crippen LogP contribution >= 0.6 is 0 Å². The lowest BCUT2D eigenvalue weighted by Gasteiger charge is -2.37. The molecule has 0 aliphatic heterocycles. The molecule has 5 aliphatic carbocycles. The molecule has 264 valence electrons. The number of anilines is 1. The highest BCUT2D eigenvalue weighted by Gasteiger charge is 2.48. The van der Waals surface area contributed by atoms with Gasteiger partial charge in [-0.25, -0.2) is 0 Å². The van der Waals surface area contributed by atoms with E-state index in [2.05, 4.69) is 190 Å². The summed E-state index contributed by atoms with van der Waals surface area (Å²) in [5.74, 6) is 0.337. The summed E-state index contributed by atoms with van der Waals surface area (Å²) in [6.07, 6.45) is 24.7. The summed E-state index contributed by atoms with van der Waals surface area (Å²) in [6, 6.07) is 43.9. The van der Waals surface area contributed by atoms with E-state index in [-0.39, 0.29) is 5.41 Å². The summed E-state index contributed by atoms with van der Waals surface area (Å²) in [7, 11) is 0. The molecule has 0 saturated heterocycles. The number of hydrogen-bond donors (Lipinski definition) is 0. The van der Waals surface area contributed by atoms with E-state index in [1.165, 1.54) is 83.9 Å². The van der Waals surface area contributed by atoms with Crippen LogP contribution in [0.4, 0.5) is 5.69 Å². The normalized spacial score (nSPS) is 21.6. The lowest BCUT2D eigenvalue weighted by molar-refractivity contribution is 0.658. The van der Waals surface area contributed by atoms with Crippen molar-refractivity contribution >= 4 is 11.3 Å². The maximum absolute atomic E-state index is 2.53. The van der Waals surface area contributed by atoms with Crippen molar-refractivity contribution in [3.63, 3.8) is 0 Å². The third-order valence-electron chi connectivity index (χ3n) is 12.7. The molecule has 1 heteroatoms. The monoisotopic (exact) mass is 697 g/mol. The molecule has 1 nitrogen and oxygen atoms in total. The van der Waals surface area contributed by atoms with Gasteiger partial charge in [0.15, 0.2) is 0 Å². The van der Waals surface area contributed by atoms with Gasteiger partial charge in [-0.2, -0.15) is 0 Å². The molecule has 0 heterocycles. The Labute approximate surface area is 321 Å². The molecule has 5 aliphatic rings. The van der Waals surface area contributed by atoms with Crippen LogP contribution in [0.1, 0.15) is 96.4 Å². The highest BCUT2D eigenvalue weighted by molar-refractivity contribution is 5.95. The van der Waals surface area contributed by atoms with Crippen LogP contribution in [0.2, 0.25) is 0 Å². The van der Waals surface area contributed by atoms with E-state index >= 15 is 0 Å². The van der Waals surface area contributed by atoms with Crippen LogP contribution in [0.15, 0.2) is 181 Å². The largest absolute Gasteiger partial charge is 0.311 e. The maximum atomic E-state index is 2.53. The number of rotatable bonds is 6.